The zero-order chi connectivity index (χ0) is 11.5. The molecule has 1 atom stereocenters. The molecule has 0 saturated carbocycles. The monoisotopic (exact) mass is 230 g/mol. The van der Waals surface area contributed by atoms with Gasteiger partial charge in [0, 0.05) is 6.20 Å². The van der Waals surface area contributed by atoms with Crippen LogP contribution >= 0.6 is 0 Å². The van der Waals surface area contributed by atoms with Gasteiger partial charge < -0.3 is 0 Å². The smallest absolute Gasteiger partial charge is 0.146 e. The van der Waals surface area contributed by atoms with Crippen molar-refractivity contribution >= 4 is 11.0 Å². The Morgan fingerprint density at radius 3 is 2.73 bits per heavy atom. The van der Waals surface area contributed by atoms with E-state index < -0.39 is 11.0 Å². The highest BCUT2D eigenvalue weighted by Crippen LogP contribution is 2.10. The molecule has 0 aliphatic carbocycles. The van der Waals surface area contributed by atoms with E-state index in [1.807, 2.05) is 20.8 Å². The maximum Gasteiger partial charge on any atom is 0.146 e. The van der Waals surface area contributed by atoms with Gasteiger partial charge in [0.15, 0.2) is 0 Å². The van der Waals surface area contributed by atoms with Gasteiger partial charge in [-0.05, 0) is 32.9 Å². The minimum absolute atomic E-state index is 0.177. The molecule has 0 fully saturated rings. The summed E-state index contributed by atoms with van der Waals surface area (Å²) in [6.07, 6.45) is 1.51. The van der Waals surface area contributed by atoms with Crippen LogP contribution in [0.25, 0.3) is 0 Å². The molecule has 1 aromatic heterocycles. The molecule has 0 saturated heterocycles. The number of nitrogens with one attached hydrogen (secondary N) is 1. The standard InChI is InChI=1S/C10H15FN2OS/c1-10(2,3)15(14)13-7-9-8(11)5-4-6-12-9/h4-6,13H,7H2,1-3H3. The van der Waals surface area contributed by atoms with Gasteiger partial charge in [-0.1, -0.05) is 0 Å². The van der Waals surface area contributed by atoms with E-state index in [2.05, 4.69) is 9.71 Å². The molecular weight excluding hydrogens is 215 g/mol. The number of rotatable bonds is 3. The number of halogens is 1. The molecule has 0 bridgehead atoms. The molecule has 1 aromatic rings. The van der Waals surface area contributed by atoms with Gasteiger partial charge in [-0.2, -0.15) is 0 Å². The highest BCUT2D eigenvalue weighted by molar-refractivity contribution is 7.84. The van der Waals surface area contributed by atoms with Crippen molar-refractivity contribution in [3.8, 4) is 0 Å². The molecule has 0 amide bonds. The van der Waals surface area contributed by atoms with Crippen molar-refractivity contribution in [2.24, 2.45) is 0 Å². The van der Waals surface area contributed by atoms with Gasteiger partial charge in [0.05, 0.1) is 28.0 Å². The first-order valence-electron chi connectivity index (χ1n) is 4.66. The third-order valence-electron chi connectivity index (χ3n) is 1.76. The molecule has 1 unspecified atom stereocenters. The molecule has 1 N–H and O–H groups in total. The summed E-state index contributed by atoms with van der Waals surface area (Å²) in [7, 11) is -1.20. The van der Waals surface area contributed by atoms with Crippen molar-refractivity contribution in [1.29, 1.82) is 0 Å². The van der Waals surface area contributed by atoms with Crippen LogP contribution in [-0.4, -0.2) is 13.9 Å². The average molecular weight is 230 g/mol. The molecule has 0 spiro atoms. The minimum atomic E-state index is -1.20. The fraction of sp³-hybridized carbons (Fsp3) is 0.500. The third kappa shape index (κ3) is 3.68. The van der Waals surface area contributed by atoms with Crippen molar-refractivity contribution in [3.63, 3.8) is 0 Å². The van der Waals surface area contributed by atoms with Crippen LogP contribution in [0.3, 0.4) is 0 Å². The van der Waals surface area contributed by atoms with Gasteiger partial charge in [-0.15, -0.1) is 0 Å². The van der Waals surface area contributed by atoms with Gasteiger partial charge in [0.2, 0.25) is 0 Å². The topological polar surface area (TPSA) is 42.0 Å². The second-order valence-corrected chi connectivity index (χ2v) is 6.19. The van der Waals surface area contributed by atoms with Crippen LogP contribution in [0.15, 0.2) is 18.3 Å². The number of nitrogens with zero attached hydrogens (tertiary/aromatic N) is 1. The Hall–Kier alpha value is -0.810. The lowest BCUT2D eigenvalue weighted by atomic mass is 10.3. The Bertz CT molecular complexity index is 363. The molecular formula is C10H15FN2OS. The zero-order valence-corrected chi connectivity index (χ0v) is 9.90. The van der Waals surface area contributed by atoms with Gasteiger partial charge in [0.25, 0.3) is 0 Å². The third-order valence-corrected chi connectivity index (χ3v) is 3.28. The van der Waals surface area contributed by atoms with E-state index in [0.29, 0.717) is 0 Å². The second kappa shape index (κ2) is 4.81. The summed E-state index contributed by atoms with van der Waals surface area (Å²) in [5.41, 5.74) is 0.287. The van der Waals surface area contributed by atoms with Crippen LogP contribution in [0.4, 0.5) is 4.39 Å². The normalized spacial score (nSPS) is 13.9. The molecule has 1 heterocycles. The van der Waals surface area contributed by atoms with Crippen molar-refractivity contribution < 1.29 is 8.60 Å². The highest BCUT2D eigenvalue weighted by Gasteiger charge is 2.19. The van der Waals surface area contributed by atoms with Crippen molar-refractivity contribution in [2.45, 2.75) is 32.1 Å². The molecule has 3 nitrogen and oxygen atoms in total. The zero-order valence-electron chi connectivity index (χ0n) is 9.08. The molecule has 0 aliphatic heterocycles. The minimum Gasteiger partial charge on any atom is -0.257 e. The first-order chi connectivity index (χ1) is 6.91. The van der Waals surface area contributed by atoms with Crippen molar-refractivity contribution in [1.82, 2.24) is 9.71 Å². The SMILES string of the molecule is CC(C)(C)S(=O)NCc1ncccc1F. The highest BCUT2D eigenvalue weighted by atomic mass is 32.2. The Kier molecular flexibility index (Phi) is 3.93. The number of aromatic nitrogens is 1. The Balaban J connectivity index is 2.59. The summed E-state index contributed by atoms with van der Waals surface area (Å²) in [5, 5.41) is 0. The summed E-state index contributed by atoms with van der Waals surface area (Å²) >= 11 is 0. The molecule has 1 rings (SSSR count). The molecule has 5 heteroatoms. The fourth-order valence-corrected chi connectivity index (χ4v) is 1.60. The van der Waals surface area contributed by atoms with Crippen molar-refractivity contribution in [3.05, 3.63) is 29.8 Å². The quantitative estimate of drug-likeness (QED) is 0.860. The summed E-state index contributed by atoms with van der Waals surface area (Å²) in [6.45, 7) is 5.73. The van der Waals surface area contributed by atoms with Crippen LogP contribution in [0.1, 0.15) is 26.5 Å². The van der Waals surface area contributed by atoms with Crippen LogP contribution in [0, 0.1) is 5.82 Å². The molecule has 0 aliphatic rings. The predicted octanol–water partition coefficient (Wildman–Crippen LogP) is 1.77. The molecule has 15 heavy (non-hydrogen) atoms. The maximum atomic E-state index is 13.1. The second-order valence-electron chi connectivity index (χ2n) is 4.13. The summed E-state index contributed by atoms with van der Waals surface area (Å²) < 4.78 is 27.1. The van der Waals surface area contributed by atoms with Crippen LogP contribution in [0.5, 0.6) is 0 Å². The van der Waals surface area contributed by atoms with Gasteiger partial charge in [0.1, 0.15) is 5.82 Å². The fourth-order valence-electron chi connectivity index (χ4n) is 0.899. The van der Waals surface area contributed by atoms with E-state index in [-0.39, 0.29) is 22.8 Å². The lowest BCUT2D eigenvalue weighted by molar-refractivity contribution is 0.590. The average Bonchev–Trinajstić information content (AvgIpc) is 2.14. The molecule has 0 radical (unpaired) electrons. The number of hydrogen-bond acceptors (Lipinski definition) is 2. The van der Waals surface area contributed by atoms with Crippen LogP contribution in [0.2, 0.25) is 0 Å². The number of hydrogen-bond donors (Lipinski definition) is 1. The summed E-state index contributed by atoms with van der Waals surface area (Å²) in [5.74, 6) is -0.379. The van der Waals surface area contributed by atoms with E-state index in [4.69, 9.17) is 0 Å². The lowest BCUT2D eigenvalue weighted by Crippen LogP contribution is -2.33. The van der Waals surface area contributed by atoms with Crippen LogP contribution in [-0.2, 0) is 17.5 Å². The first-order valence-corrected chi connectivity index (χ1v) is 5.81. The Labute approximate surface area is 91.7 Å². The lowest BCUT2D eigenvalue weighted by Gasteiger charge is -2.17. The Morgan fingerprint density at radius 1 is 1.53 bits per heavy atom. The van der Waals surface area contributed by atoms with E-state index >= 15 is 0 Å². The van der Waals surface area contributed by atoms with Crippen LogP contribution < -0.4 is 4.72 Å². The van der Waals surface area contributed by atoms with E-state index in [1.54, 1.807) is 0 Å². The summed E-state index contributed by atoms with van der Waals surface area (Å²) in [4.78, 5) is 3.86. The van der Waals surface area contributed by atoms with E-state index in [9.17, 15) is 8.60 Å². The van der Waals surface area contributed by atoms with E-state index in [0.717, 1.165) is 0 Å². The number of pyridine rings is 1. The molecule has 84 valence electrons. The maximum absolute atomic E-state index is 13.1. The van der Waals surface area contributed by atoms with Gasteiger partial charge in [-0.25, -0.2) is 13.3 Å². The largest absolute Gasteiger partial charge is 0.257 e. The van der Waals surface area contributed by atoms with Crippen molar-refractivity contribution in [2.75, 3.05) is 0 Å². The predicted molar refractivity (Wildman–Crippen MR) is 58.9 cm³/mol. The first kappa shape index (κ1) is 12.3. The summed E-state index contributed by atoms with van der Waals surface area (Å²) in [6, 6.07) is 2.86. The van der Waals surface area contributed by atoms with Gasteiger partial charge in [-0.3, -0.25) is 4.98 Å². The Morgan fingerprint density at radius 2 is 2.20 bits per heavy atom. The van der Waals surface area contributed by atoms with Gasteiger partial charge >= 0.3 is 0 Å². The van der Waals surface area contributed by atoms with E-state index in [1.165, 1.54) is 18.3 Å². The molecule has 0 aromatic carbocycles.